The molecule has 0 radical (unpaired) electrons. The largest absolute Gasteiger partial charge is 0.444 e. The second-order valence-corrected chi connectivity index (χ2v) is 6.03. The van der Waals surface area contributed by atoms with E-state index in [0.717, 1.165) is 13.0 Å². The van der Waals surface area contributed by atoms with E-state index in [0.29, 0.717) is 18.2 Å². The Bertz CT molecular complexity index is 484. The standard InChI is InChI=1S/C13H22N6O2/c1-13(2,3)21-12(20)17-10-4-5-19(8-10)18-11-15-6-9(14)7-16-11/h6-7,10H,4-5,8,14H2,1-3H3,(H,17,20)(H,15,16,18)/t10-/m1/s1. The number of nitrogens with zero attached hydrogens (tertiary/aromatic N) is 3. The smallest absolute Gasteiger partial charge is 0.407 e. The van der Waals surface area contributed by atoms with E-state index in [1.54, 1.807) is 12.4 Å². The Hall–Kier alpha value is -2.09. The van der Waals surface area contributed by atoms with E-state index in [2.05, 4.69) is 20.7 Å². The summed E-state index contributed by atoms with van der Waals surface area (Å²) in [7, 11) is 0. The Morgan fingerprint density at radius 3 is 2.71 bits per heavy atom. The highest BCUT2D eigenvalue weighted by atomic mass is 16.6. The van der Waals surface area contributed by atoms with Crippen LogP contribution >= 0.6 is 0 Å². The molecule has 1 amide bonds. The number of hydrogen-bond acceptors (Lipinski definition) is 7. The van der Waals surface area contributed by atoms with Gasteiger partial charge in [-0.2, -0.15) is 0 Å². The Balaban J connectivity index is 1.78. The zero-order valence-corrected chi connectivity index (χ0v) is 12.6. The van der Waals surface area contributed by atoms with E-state index in [1.165, 1.54) is 0 Å². The van der Waals surface area contributed by atoms with Crippen molar-refractivity contribution in [1.29, 1.82) is 0 Å². The number of rotatable bonds is 3. The fourth-order valence-corrected chi connectivity index (χ4v) is 1.99. The van der Waals surface area contributed by atoms with Crippen LogP contribution in [0.15, 0.2) is 12.4 Å². The molecule has 1 saturated heterocycles. The van der Waals surface area contributed by atoms with Gasteiger partial charge in [-0.1, -0.05) is 0 Å². The van der Waals surface area contributed by atoms with Crippen molar-refractivity contribution in [2.45, 2.75) is 38.8 Å². The third kappa shape index (κ3) is 5.07. The minimum Gasteiger partial charge on any atom is -0.444 e. The molecule has 116 valence electrons. The minimum absolute atomic E-state index is 0.0427. The van der Waals surface area contributed by atoms with Crippen molar-refractivity contribution in [3.05, 3.63) is 12.4 Å². The molecule has 1 aliphatic rings. The second-order valence-electron chi connectivity index (χ2n) is 6.03. The summed E-state index contributed by atoms with van der Waals surface area (Å²) in [4.78, 5) is 19.9. The van der Waals surface area contributed by atoms with Gasteiger partial charge in [0.1, 0.15) is 5.60 Å². The van der Waals surface area contributed by atoms with Crippen molar-refractivity contribution < 1.29 is 9.53 Å². The number of ether oxygens (including phenoxy) is 1. The molecule has 0 aliphatic carbocycles. The lowest BCUT2D eigenvalue weighted by atomic mass is 10.2. The molecule has 0 aromatic carbocycles. The first-order valence-corrected chi connectivity index (χ1v) is 6.90. The fraction of sp³-hybridized carbons (Fsp3) is 0.615. The third-order valence-electron chi connectivity index (χ3n) is 2.84. The highest BCUT2D eigenvalue weighted by Gasteiger charge is 2.26. The maximum atomic E-state index is 11.7. The third-order valence-corrected chi connectivity index (χ3v) is 2.84. The van der Waals surface area contributed by atoms with Gasteiger partial charge in [0, 0.05) is 19.1 Å². The van der Waals surface area contributed by atoms with Crippen molar-refractivity contribution in [3.63, 3.8) is 0 Å². The number of hydrazine groups is 1. The molecule has 1 aromatic rings. The average molecular weight is 294 g/mol. The first kappa shape index (κ1) is 15.3. The number of anilines is 2. The fourth-order valence-electron chi connectivity index (χ4n) is 1.99. The lowest BCUT2D eigenvalue weighted by molar-refractivity contribution is 0.0506. The number of aromatic nitrogens is 2. The number of amides is 1. The van der Waals surface area contributed by atoms with Crippen LogP contribution in [0.5, 0.6) is 0 Å². The number of carbonyl (C=O) groups excluding carboxylic acids is 1. The summed E-state index contributed by atoms with van der Waals surface area (Å²) in [5.41, 5.74) is 8.65. The lowest BCUT2D eigenvalue weighted by Crippen LogP contribution is -2.41. The molecule has 0 saturated carbocycles. The molecule has 2 heterocycles. The summed E-state index contributed by atoms with van der Waals surface area (Å²) in [6.45, 7) is 6.97. The molecular weight excluding hydrogens is 272 g/mol. The number of nitrogens with one attached hydrogen (secondary N) is 2. The molecule has 8 heteroatoms. The summed E-state index contributed by atoms with van der Waals surface area (Å²) < 4.78 is 5.24. The van der Waals surface area contributed by atoms with E-state index < -0.39 is 11.7 Å². The van der Waals surface area contributed by atoms with Gasteiger partial charge in [0.25, 0.3) is 0 Å². The summed E-state index contributed by atoms with van der Waals surface area (Å²) in [6.07, 6.45) is 3.53. The van der Waals surface area contributed by atoms with Gasteiger partial charge in [-0.25, -0.2) is 19.8 Å². The highest BCUT2D eigenvalue weighted by molar-refractivity contribution is 5.68. The van der Waals surface area contributed by atoms with Gasteiger partial charge in [-0.3, -0.25) is 5.43 Å². The van der Waals surface area contributed by atoms with Crippen LogP contribution in [0.2, 0.25) is 0 Å². The molecule has 1 atom stereocenters. The normalized spacial score (nSPS) is 19.3. The molecule has 8 nitrogen and oxygen atoms in total. The Labute approximate surface area is 124 Å². The van der Waals surface area contributed by atoms with Crippen LogP contribution < -0.4 is 16.5 Å². The van der Waals surface area contributed by atoms with Crippen molar-refractivity contribution >= 4 is 17.7 Å². The molecule has 0 spiro atoms. The number of nitrogen functional groups attached to an aromatic ring is 1. The van der Waals surface area contributed by atoms with Gasteiger partial charge in [-0.15, -0.1) is 0 Å². The quantitative estimate of drug-likeness (QED) is 0.763. The molecule has 1 fully saturated rings. The van der Waals surface area contributed by atoms with Crippen molar-refractivity contribution in [1.82, 2.24) is 20.3 Å². The number of alkyl carbamates (subject to hydrolysis) is 1. The molecule has 1 aliphatic heterocycles. The van der Waals surface area contributed by atoms with E-state index >= 15 is 0 Å². The van der Waals surface area contributed by atoms with Crippen molar-refractivity contribution in [2.24, 2.45) is 0 Å². The SMILES string of the molecule is CC(C)(C)OC(=O)N[C@@H]1CCN(Nc2ncc(N)cn2)C1. The molecule has 0 bridgehead atoms. The molecular formula is C13H22N6O2. The first-order chi connectivity index (χ1) is 9.82. The van der Waals surface area contributed by atoms with Gasteiger partial charge in [0.2, 0.25) is 5.95 Å². The summed E-state index contributed by atoms with van der Waals surface area (Å²) >= 11 is 0. The van der Waals surface area contributed by atoms with Gasteiger partial charge < -0.3 is 15.8 Å². The Morgan fingerprint density at radius 1 is 1.43 bits per heavy atom. The monoisotopic (exact) mass is 294 g/mol. The molecule has 2 rings (SSSR count). The maximum absolute atomic E-state index is 11.7. The minimum atomic E-state index is -0.488. The zero-order chi connectivity index (χ0) is 15.5. The second kappa shape index (κ2) is 6.13. The molecule has 1 aromatic heterocycles. The van der Waals surface area contributed by atoms with Gasteiger partial charge in [-0.05, 0) is 27.2 Å². The van der Waals surface area contributed by atoms with E-state index in [9.17, 15) is 4.79 Å². The van der Waals surface area contributed by atoms with Crippen LogP contribution in [0.4, 0.5) is 16.4 Å². The van der Waals surface area contributed by atoms with E-state index in [-0.39, 0.29) is 6.04 Å². The predicted molar refractivity (Wildman–Crippen MR) is 79.4 cm³/mol. The zero-order valence-electron chi connectivity index (χ0n) is 12.6. The molecule has 21 heavy (non-hydrogen) atoms. The van der Waals surface area contributed by atoms with Crippen LogP contribution in [-0.4, -0.2) is 45.8 Å². The van der Waals surface area contributed by atoms with Crippen LogP contribution in [-0.2, 0) is 4.74 Å². The Kier molecular flexibility index (Phi) is 4.46. The molecule has 0 unspecified atom stereocenters. The van der Waals surface area contributed by atoms with Gasteiger partial charge in [0.05, 0.1) is 18.1 Å². The van der Waals surface area contributed by atoms with E-state index in [1.807, 2.05) is 25.8 Å². The van der Waals surface area contributed by atoms with Crippen LogP contribution in [0.3, 0.4) is 0 Å². The number of hydrogen-bond donors (Lipinski definition) is 3. The average Bonchev–Trinajstić information content (AvgIpc) is 2.77. The molecule has 4 N–H and O–H groups in total. The summed E-state index contributed by atoms with van der Waals surface area (Å²) in [6, 6.07) is 0.0427. The number of nitrogens with two attached hydrogens (primary N) is 1. The topological polar surface area (TPSA) is 105 Å². The maximum Gasteiger partial charge on any atom is 0.407 e. The number of carbonyl (C=O) groups is 1. The summed E-state index contributed by atoms with van der Waals surface area (Å²) in [5.74, 6) is 0.488. The van der Waals surface area contributed by atoms with Crippen LogP contribution in [0.1, 0.15) is 27.2 Å². The first-order valence-electron chi connectivity index (χ1n) is 6.90. The lowest BCUT2D eigenvalue weighted by Gasteiger charge is -2.22. The van der Waals surface area contributed by atoms with Crippen LogP contribution in [0, 0.1) is 0 Å². The van der Waals surface area contributed by atoms with Crippen LogP contribution in [0.25, 0.3) is 0 Å². The highest BCUT2D eigenvalue weighted by Crippen LogP contribution is 2.12. The van der Waals surface area contributed by atoms with Crippen molar-refractivity contribution in [2.75, 3.05) is 24.2 Å². The summed E-state index contributed by atoms with van der Waals surface area (Å²) in [5, 5.41) is 4.81. The van der Waals surface area contributed by atoms with Crippen molar-refractivity contribution in [3.8, 4) is 0 Å². The van der Waals surface area contributed by atoms with Gasteiger partial charge in [0.15, 0.2) is 0 Å². The van der Waals surface area contributed by atoms with Gasteiger partial charge >= 0.3 is 6.09 Å². The Morgan fingerprint density at radius 2 is 2.10 bits per heavy atom. The predicted octanol–water partition coefficient (Wildman–Crippen LogP) is 0.985. The van der Waals surface area contributed by atoms with E-state index in [4.69, 9.17) is 10.5 Å².